The maximum absolute atomic E-state index is 13.2. The number of fused-ring (bicyclic) bond motifs is 2. The Labute approximate surface area is 153 Å². The van der Waals surface area contributed by atoms with Crippen LogP contribution in [0.4, 0.5) is 0 Å². The van der Waals surface area contributed by atoms with Crippen molar-refractivity contribution in [2.75, 3.05) is 6.54 Å². The van der Waals surface area contributed by atoms with E-state index >= 15 is 0 Å². The summed E-state index contributed by atoms with van der Waals surface area (Å²) in [5, 5.41) is 9.36. The smallest absolute Gasteiger partial charge is 0.335 e. The number of aromatic nitrogens is 2. The van der Waals surface area contributed by atoms with Crippen LogP contribution in [-0.2, 0) is 20.0 Å². The molecule has 0 radical (unpaired) electrons. The maximum atomic E-state index is 13.2. The molecule has 4 rings (SSSR count). The van der Waals surface area contributed by atoms with E-state index in [4.69, 9.17) is 4.42 Å². The van der Waals surface area contributed by atoms with Crippen LogP contribution in [0.25, 0.3) is 11.1 Å². The lowest BCUT2D eigenvalue weighted by atomic mass is 9.96. The number of rotatable bonds is 2. The molecule has 0 fully saturated rings. The number of nitrogens with zero attached hydrogens (tertiary/aromatic N) is 3. The monoisotopic (exact) mass is 367 g/mol. The molecule has 138 valence electrons. The standard InChI is InChI=1S/C19H17N3O5/c1-10-14(15-16(27-10)20-9-21(2)17(15)23)18(24)22-6-5-11-3-4-12(19(25)26)7-13(11)8-22/h3-4,7,9H,5-6,8H2,1-2H3,(H,25,26). The molecule has 0 unspecified atom stereocenters. The van der Waals surface area contributed by atoms with Crippen molar-refractivity contribution in [3.63, 3.8) is 0 Å². The Balaban J connectivity index is 1.75. The van der Waals surface area contributed by atoms with Crippen LogP contribution in [0.5, 0.6) is 0 Å². The van der Waals surface area contributed by atoms with E-state index in [2.05, 4.69) is 4.98 Å². The number of carboxylic acid groups (broad SMARTS) is 1. The van der Waals surface area contributed by atoms with Crippen LogP contribution < -0.4 is 5.56 Å². The van der Waals surface area contributed by atoms with E-state index < -0.39 is 5.97 Å². The van der Waals surface area contributed by atoms with E-state index in [0.29, 0.717) is 18.7 Å². The zero-order valence-electron chi connectivity index (χ0n) is 14.9. The molecule has 0 bridgehead atoms. The van der Waals surface area contributed by atoms with Gasteiger partial charge in [-0.1, -0.05) is 6.07 Å². The fraction of sp³-hybridized carbons (Fsp3) is 0.263. The maximum Gasteiger partial charge on any atom is 0.335 e. The lowest BCUT2D eigenvalue weighted by molar-refractivity contribution is 0.0696. The minimum Gasteiger partial charge on any atom is -0.478 e. The van der Waals surface area contributed by atoms with Crippen molar-refractivity contribution in [3.05, 3.63) is 62.9 Å². The van der Waals surface area contributed by atoms with Crippen molar-refractivity contribution in [1.82, 2.24) is 14.5 Å². The lowest BCUT2D eigenvalue weighted by Crippen LogP contribution is -2.36. The van der Waals surface area contributed by atoms with Gasteiger partial charge in [0.2, 0.25) is 5.71 Å². The van der Waals surface area contributed by atoms with Gasteiger partial charge in [0.15, 0.2) is 0 Å². The number of aromatic carboxylic acids is 1. The van der Waals surface area contributed by atoms with Crippen molar-refractivity contribution < 1.29 is 19.1 Å². The van der Waals surface area contributed by atoms with Gasteiger partial charge in [-0.2, -0.15) is 0 Å². The number of aryl methyl sites for hydroxylation is 2. The Kier molecular flexibility index (Phi) is 3.83. The Hall–Kier alpha value is -3.42. The minimum atomic E-state index is -1.01. The van der Waals surface area contributed by atoms with E-state index in [9.17, 15) is 19.5 Å². The summed E-state index contributed by atoms with van der Waals surface area (Å²) in [5.74, 6) is -0.980. The minimum absolute atomic E-state index is 0.143. The molecular weight excluding hydrogens is 350 g/mol. The molecule has 8 heteroatoms. The van der Waals surface area contributed by atoms with E-state index in [0.717, 1.165) is 11.1 Å². The predicted octanol–water partition coefficient (Wildman–Crippen LogP) is 1.73. The van der Waals surface area contributed by atoms with Gasteiger partial charge in [0.05, 0.1) is 11.1 Å². The van der Waals surface area contributed by atoms with E-state index in [1.54, 1.807) is 37.1 Å². The molecule has 1 aromatic carbocycles. The first-order chi connectivity index (χ1) is 12.9. The van der Waals surface area contributed by atoms with Crippen LogP contribution in [0.1, 0.15) is 37.6 Å². The molecule has 1 N–H and O–H groups in total. The molecule has 0 aliphatic carbocycles. The van der Waals surface area contributed by atoms with Gasteiger partial charge in [0.1, 0.15) is 17.5 Å². The highest BCUT2D eigenvalue weighted by molar-refractivity contribution is 6.06. The molecule has 0 atom stereocenters. The second kappa shape index (κ2) is 6.08. The van der Waals surface area contributed by atoms with Crippen LogP contribution in [0.2, 0.25) is 0 Å². The van der Waals surface area contributed by atoms with Gasteiger partial charge in [0.25, 0.3) is 11.5 Å². The summed E-state index contributed by atoms with van der Waals surface area (Å²) in [7, 11) is 1.57. The largest absolute Gasteiger partial charge is 0.478 e. The summed E-state index contributed by atoms with van der Waals surface area (Å²) < 4.78 is 6.82. The third kappa shape index (κ3) is 2.69. The SMILES string of the molecule is Cc1oc2ncn(C)c(=O)c2c1C(=O)N1CCc2ccc(C(=O)O)cc2C1. The van der Waals surface area contributed by atoms with E-state index in [1.165, 1.54) is 10.9 Å². The molecule has 1 aliphatic rings. The second-order valence-corrected chi connectivity index (χ2v) is 6.64. The third-order valence-corrected chi connectivity index (χ3v) is 4.91. The fourth-order valence-electron chi connectivity index (χ4n) is 3.47. The number of hydrogen-bond acceptors (Lipinski definition) is 5. The van der Waals surface area contributed by atoms with E-state index in [1.807, 2.05) is 0 Å². The molecule has 3 heterocycles. The third-order valence-electron chi connectivity index (χ3n) is 4.91. The quantitative estimate of drug-likeness (QED) is 0.739. The van der Waals surface area contributed by atoms with E-state index in [-0.39, 0.29) is 40.2 Å². The molecule has 8 nitrogen and oxygen atoms in total. The zero-order valence-corrected chi connectivity index (χ0v) is 14.9. The highest BCUT2D eigenvalue weighted by Gasteiger charge is 2.29. The molecule has 1 aliphatic heterocycles. The molecule has 0 spiro atoms. The van der Waals surface area contributed by atoms with Gasteiger partial charge >= 0.3 is 5.97 Å². The predicted molar refractivity (Wildman–Crippen MR) is 95.8 cm³/mol. The average molecular weight is 367 g/mol. The fourth-order valence-corrected chi connectivity index (χ4v) is 3.47. The number of furan rings is 1. The van der Waals surface area contributed by atoms with Gasteiger partial charge in [-0.3, -0.25) is 9.59 Å². The van der Waals surface area contributed by atoms with Gasteiger partial charge in [-0.15, -0.1) is 0 Å². The summed E-state index contributed by atoms with van der Waals surface area (Å²) in [4.78, 5) is 42.6. The summed E-state index contributed by atoms with van der Waals surface area (Å²) in [5.41, 5.74) is 2.03. The Bertz CT molecular complexity index is 1160. The molecule has 0 saturated heterocycles. The Morgan fingerprint density at radius 1 is 1.26 bits per heavy atom. The van der Waals surface area contributed by atoms with Crippen LogP contribution in [0.15, 0.2) is 33.7 Å². The molecule has 3 aromatic rings. The molecule has 2 aromatic heterocycles. The van der Waals surface area contributed by atoms with Gasteiger partial charge in [-0.25, -0.2) is 9.78 Å². The first kappa shape index (κ1) is 17.0. The first-order valence-corrected chi connectivity index (χ1v) is 8.46. The van der Waals surface area contributed by atoms with Crippen LogP contribution in [0, 0.1) is 6.92 Å². The normalized spacial score (nSPS) is 13.6. The van der Waals surface area contributed by atoms with Gasteiger partial charge in [-0.05, 0) is 36.6 Å². The molecular formula is C19H17N3O5. The summed E-state index contributed by atoms with van der Waals surface area (Å²) in [6, 6.07) is 4.96. The van der Waals surface area contributed by atoms with Crippen molar-refractivity contribution >= 4 is 23.0 Å². The lowest BCUT2D eigenvalue weighted by Gasteiger charge is -2.29. The van der Waals surface area contributed by atoms with Crippen LogP contribution in [0.3, 0.4) is 0 Å². The average Bonchev–Trinajstić information content (AvgIpc) is 3.00. The van der Waals surface area contributed by atoms with Gasteiger partial charge in [0, 0.05) is 20.1 Å². The topological polar surface area (TPSA) is 106 Å². The number of carbonyl (C=O) groups is 2. The van der Waals surface area contributed by atoms with Crippen molar-refractivity contribution in [1.29, 1.82) is 0 Å². The van der Waals surface area contributed by atoms with Crippen molar-refractivity contribution in [3.8, 4) is 0 Å². The number of carbonyl (C=O) groups excluding carboxylic acids is 1. The number of amides is 1. The first-order valence-electron chi connectivity index (χ1n) is 8.46. The van der Waals surface area contributed by atoms with Gasteiger partial charge < -0.3 is 19.0 Å². The van der Waals surface area contributed by atoms with Crippen LogP contribution >= 0.6 is 0 Å². The van der Waals surface area contributed by atoms with Crippen molar-refractivity contribution in [2.45, 2.75) is 19.9 Å². The number of benzene rings is 1. The summed E-state index contributed by atoms with van der Waals surface area (Å²) in [6.07, 6.45) is 1.97. The Morgan fingerprint density at radius 3 is 2.78 bits per heavy atom. The highest BCUT2D eigenvalue weighted by atomic mass is 16.4. The summed E-state index contributed by atoms with van der Waals surface area (Å²) >= 11 is 0. The van der Waals surface area contributed by atoms with Crippen molar-refractivity contribution in [2.24, 2.45) is 7.05 Å². The second-order valence-electron chi connectivity index (χ2n) is 6.64. The highest BCUT2D eigenvalue weighted by Crippen LogP contribution is 2.26. The molecule has 0 saturated carbocycles. The molecule has 1 amide bonds. The molecule has 27 heavy (non-hydrogen) atoms. The van der Waals surface area contributed by atoms with Crippen LogP contribution in [-0.4, -0.2) is 38.0 Å². The Morgan fingerprint density at radius 2 is 2.04 bits per heavy atom. The zero-order chi connectivity index (χ0) is 19.3. The summed E-state index contributed by atoms with van der Waals surface area (Å²) in [6.45, 7) is 2.39. The number of hydrogen-bond donors (Lipinski definition) is 1. The number of carboxylic acids is 1.